The van der Waals surface area contributed by atoms with E-state index < -0.39 is 18.2 Å². The number of aryl methyl sites for hydroxylation is 1. The number of rotatable bonds is 8. The van der Waals surface area contributed by atoms with Crippen molar-refractivity contribution in [3.8, 4) is 6.01 Å². The zero-order valence-electron chi connectivity index (χ0n) is 23.5. The van der Waals surface area contributed by atoms with Crippen LogP contribution in [0.5, 0.6) is 6.01 Å². The van der Waals surface area contributed by atoms with E-state index >= 15 is 8.78 Å². The molecule has 1 fully saturated rings. The molecule has 1 aliphatic rings. The van der Waals surface area contributed by atoms with Gasteiger partial charge in [-0.1, -0.05) is 37.1 Å². The SMILES string of the molecule is Cc1nc(C(F)(F)CCCCCC(=O)N2CC[C@H](n3c(O)nc4cc(Cl)ccc43)[C@@H](C)C2)nc2c1oc1ccccc12. The Kier molecular flexibility index (Phi) is 7.51. The van der Waals surface area contributed by atoms with Gasteiger partial charge in [0.2, 0.25) is 5.91 Å². The van der Waals surface area contributed by atoms with E-state index in [2.05, 4.69) is 21.9 Å². The predicted octanol–water partition coefficient (Wildman–Crippen LogP) is 7.55. The van der Waals surface area contributed by atoms with Crippen LogP contribution in [0, 0.1) is 12.8 Å². The van der Waals surface area contributed by atoms with Gasteiger partial charge in [-0.2, -0.15) is 13.8 Å². The fraction of sp³-hybridized carbons (Fsp3) is 0.419. The summed E-state index contributed by atoms with van der Waals surface area (Å²) >= 11 is 6.08. The summed E-state index contributed by atoms with van der Waals surface area (Å²) < 4.78 is 37.9. The maximum Gasteiger partial charge on any atom is 0.306 e. The first kappa shape index (κ1) is 28.3. The molecule has 0 spiro atoms. The van der Waals surface area contributed by atoms with Crippen LogP contribution in [0.3, 0.4) is 0 Å². The van der Waals surface area contributed by atoms with Crippen molar-refractivity contribution in [1.82, 2.24) is 24.4 Å². The Morgan fingerprint density at radius 3 is 2.76 bits per heavy atom. The number of unbranched alkanes of at least 4 members (excludes halogenated alkanes) is 2. The first-order valence-electron chi connectivity index (χ1n) is 14.3. The normalized spacial score (nSPS) is 18.0. The summed E-state index contributed by atoms with van der Waals surface area (Å²) in [6.45, 7) is 4.81. The van der Waals surface area contributed by atoms with Crippen LogP contribution >= 0.6 is 11.6 Å². The number of amides is 1. The van der Waals surface area contributed by atoms with Gasteiger partial charge in [0, 0.05) is 42.4 Å². The molecule has 220 valence electrons. The number of fused-ring (bicyclic) bond motifs is 4. The quantitative estimate of drug-likeness (QED) is 0.186. The van der Waals surface area contributed by atoms with Crippen molar-refractivity contribution in [1.29, 1.82) is 0 Å². The lowest BCUT2D eigenvalue weighted by Gasteiger charge is -2.38. The second-order valence-corrected chi connectivity index (χ2v) is 11.7. The van der Waals surface area contributed by atoms with Crippen LogP contribution in [-0.4, -0.2) is 48.5 Å². The zero-order chi connectivity index (χ0) is 29.6. The minimum absolute atomic E-state index is 0.00688. The highest BCUT2D eigenvalue weighted by Crippen LogP contribution is 2.37. The largest absolute Gasteiger partial charge is 0.480 e. The molecule has 1 amide bonds. The molecule has 5 aromatic rings. The van der Waals surface area contributed by atoms with E-state index in [-0.39, 0.29) is 30.3 Å². The van der Waals surface area contributed by atoms with Crippen molar-refractivity contribution in [3.05, 3.63) is 59.0 Å². The van der Waals surface area contributed by atoms with Crippen LogP contribution in [0.2, 0.25) is 5.02 Å². The Bertz CT molecular complexity index is 1790. The number of nitrogens with zero attached hydrogens (tertiary/aromatic N) is 5. The molecule has 4 heterocycles. The van der Waals surface area contributed by atoms with E-state index in [1.165, 1.54) is 0 Å². The minimum atomic E-state index is -3.19. The summed E-state index contributed by atoms with van der Waals surface area (Å²) in [5.74, 6) is -3.57. The summed E-state index contributed by atoms with van der Waals surface area (Å²) in [6, 6.07) is 12.5. The van der Waals surface area contributed by atoms with E-state index in [1.54, 1.807) is 31.2 Å². The highest BCUT2D eigenvalue weighted by Gasteiger charge is 2.36. The maximum atomic E-state index is 15.1. The van der Waals surface area contributed by atoms with Crippen LogP contribution in [0.15, 0.2) is 46.9 Å². The number of likely N-dealkylation sites (tertiary alicyclic amines) is 1. The van der Waals surface area contributed by atoms with Gasteiger partial charge < -0.3 is 14.4 Å². The second kappa shape index (κ2) is 11.1. The van der Waals surface area contributed by atoms with Gasteiger partial charge >= 0.3 is 5.92 Å². The van der Waals surface area contributed by atoms with Crippen LogP contribution in [0.25, 0.3) is 33.1 Å². The lowest BCUT2D eigenvalue weighted by molar-refractivity contribution is -0.133. The van der Waals surface area contributed by atoms with Crippen LogP contribution in [0.4, 0.5) is 8.78 Å². The van der Waals surface area contributed by atoms with Gasteiger partial charge in [0.25, 0.3) is 6.01 Å². The number of furan rings is 1. The number of para-hydroxylation sites is 1. The number of hydrogen-bond acceptors (Lipinski definition) is 6. The molecule has 6 rings (SSSR count). The Morgan fingerprint density at radius 2 is 1.95 bits per heavy atom. The Labute approximate surface area is 246 Å². The second-order valence-electron chi connectivity index (χ2n) is 11.3. The third-order valence-electron chi connectivity index (χ3n) is 8.28. The van der Waals surface area contributed by atoms with Gasteiger partial charge in [-0.25, -0.2) is 9.97 Å². The smallest absolute Gasteiger partial charge is 0.306 e. The molecule has 2 atom stereocenters. The number of carbonyl (C=O) groups excluding carboxylic acids is 1. The molecule has 2 aromatic carbocycles. The number of carbonyl (C=O) groups is 1. The number of imidazole rings is 1. The van der Waals surface area contributed by atoms with Crippen molar-refractivity contribution in [2.45, 2.75) is 64.3 Å². The number of halogens is 3. The van der Waals surface area contributed by atoms with Gasteiger partial charge in [-0.3, -0.25) is 9.36 Å². The fourth-order valence-corrected chi connectivity index (χ4v) is 6.26. The minimum Gasteiger partial charge on any atom is -0.480 e. The lowest BCUT2D eigenvalue weighted by atomic mass is 9.93. The van der Waals surface area contributed by atoms with Crippen molar-refractivity contribution in [2.24, 2.45) is 5.92 Å². The first-order valence-corrected chi connectivity index (χ1v) is 14.7. The molecular formula is C31H32ClF2N5O3. The van der Waals surface area contributed by atoms with Crippen molar-refractivity contribution in [3.63, 3.8) is 0 Å². The highest BCUT2D eigenvalue weighted by molar-refractivity contribution is 6.31. The van der Waals surface area contributed by atoms with Crippen molar-refractivity contribution < 1.29 is 23.1 Å². The van der Waals surface area contributed by atoms with E-state index in [1.807, 2.05) is 27.7 Å². The highest BCUT2D eigenvalue weighted by atomic mass is 35.5. The molecular weight excluding hydrogens is 564 g/mol. The maximum absolute atomic E-state index is 15.1. The summed E-state index contributed by atoms with van der Waals surface area (Å²) in [4.78, 5) is 27.3. The number of benzene rings is 2. The summed E-state index contributed by atoms with van der Waals surface area (Å²) in [6.07, 6.45) is 1.88. The monoisotopic (exact) mass is 595 g/mol. The molecule has 0 unspecified atom stereocenters. The van der Waals surface area contributed by atoms with Gasteiger partial charge in [-0.15, -0.1) is 0 Å². The first-order chi connectivity index (χ1) is 20.1. The summed E-state index contributed by atoms with van der Waals surface area (Å²) in [5, 5.41) is 11.8. The molecule has 42 heavy (non-hydrogen) atoms. The molecule has 1 saturated heterocycles. The summed E-state index contributed by atoms with van der Waals surface area (Å²) in [5.41, 5.74) is 3.24. The van der Waals surface area contributed by atoms with Gasteiger partial charge in [-0.05, 0) is 62.4 Å². The molecule has 1 aliphatic heterocycles. The fourth-order valence-electron chi connectivity index (χ4n) is 6.09. The predicted molar refractivity (Wildman–Crippen MR) is 157 cm³/mol. The molecule has 8 nitrogen and oxygen atoms in total. The number of alkyl halides is 2. The third-order valence-corrected chi connectivity index (χ3v) is 8.51. The van der Waals surface area contributed by atoms with Crippen molar-refractivity contribution in [2.75, 3.05) is 13.1 Å². The van der Waals surface area contributed by atoms with Crippen LogP contribution in [-0.2, 0) is 10.7 Å². The molecule has 11 heteroatoms. The molecule has 0 saturated carbocycles. The molecule has 0 bridgehead atoms. The van der Waals surface area contributed by atoms with E-state index in [9.17, 15) is 9.90 Å². The lowest BCUT2D eigenvalue weighted by Crippen LogP contribution is -2.43. The molecule has 0 radical (unpaired) electrons. The summed E-state index contributed by atoms with van der Waals surface area (Å²) in [7, 11) is 0. The number of hydrogen-bond donors (Lipinski definition) is 1. The van der Waals surface area contributed by atoms with Crippen molar-refractivity contribution >= 4 is 50.6 Å². The average Bonchev–Trinajstić information content (AvgIpc) is 3.49. The average molecular weight is 596 g/mol. The van der Waals surface area contributed by atoms with E-state index in [0.717, 1.165) is 5.52 Å². The Morgan fingerprint density at radius 1 is 1.14 bits per heavy atom. The Balaban J connectivity index is 1.01. The standard InChI is InChI=1S/C31H32ClF2N5O3/c1-18-17-38(15-13-23(18)39-24-12-11-20(32)16-22(24)36-30(39)41)26(40)10-4-3-7-14-31(33,34)29-35-19(2)28-27(37-29)21-8-5-6-9-25(21)42-28/h5-6,8-9,11-12,16,18,23H,3-4,7,10,13-15,17H2,1-2H3,(H,36,41)/t18-,23-/m0/s1. The topological polar surface area (TPSA) is 97.3 Å². The van der Waals surface area contributed by atoms with Gasteiger partial charge in [0.15, 0.2) is 11.4 Å². The van der Waals surface area contributed by atoms with Crippen LogP contribution < -0.4 is 0 Å². The van der Waals surface area contributed by atoms with Gasteiger partial charge in [0.1, 0.15) is 11.1 Å². The Hall–Kier alpha value is -3.79. The van der Waals surface area contributed by atoms with Gasteiger partial charge in [0.05, 0.1) is 16.7 Å². The number of aromatic nitrogens is 4. The third kappa shape index (κ3) is 5.28. The van der Waals surface area contributed by atoms with E-state index in [0.29, 0.717) is 77.1 Å². The zero-order valence-corrected chi connectivity index (χ0v) is 24.2. The number of aromatic hydroxyl groups is 1. The molecule has 3 aromatic heterocycles. The van der Waals surface area contributed by atoms with E-state index in [4.69, 9.17) is 16.0 Å². The molecule has 1 N–H and O–H groups in total. The molecule has 0 aliphatic carbocycles. The van der Waals surface area contributed by atoms with Crippen LogP contribution in [0.1, 0.15) is 63.0 Å². The number of piperidine rings is 1.